The number of sulfonamides is 1. The van der Waals surface area contributed by atoms with Crippen LogP contribution in [-0.4, -0.2) is 62.3 Å². The average molecular weight is 511 g/mol. The maximum Gasteiger partial charge on any atom is 0.331 e. The SMILES string of the molecule is Cc1ccc(S(=O)(=O)N2CCN(C(=O)COC(=O)/C=C/c3ccc(Br)o3)CC2)c(C)c1. The van der Waals surface area contributed by atoms with E-state index in [1.54, 1.807) is 31.2 Å². The minimum Gasteiger partial charge on any atom is -0.452 e. The van der Waals surface area contributed by atoms with E-state index in [0.29, 0.717) is 16.0 Å². The lowest BCUT2D eigenvalue weighted by molar-refractivity contribution is -0.148. The molecule has 166 valence electrons. The summed E-state index contributed by atoms with van der Waals surface area (Å²) in [4.78, 5) is 25.9. The van der Waals surface area contributed by atoms with Crippen molar-refractivity contribution in [2.75, 3.05) is 32.8 Å². The first-order valence-corrected chi connectivity index (χ1v) is 11.9. The zero-order valence-electron chi connectivity index (χ0n) is 17.2. The third-order valence-electron chi connectivity index (χ3n) is 4.86. The molecule has 1 aliphatic rings. The van der Waals surface area contributed by atoms with E-state index in [1.807, 2.05) is 13.0 Å². The maximum absolute atomic E-state index is 12.9. The van der Waals surface area contributed by atoms with Gasteiger partial charge < -0.3 is 14.1 Å². The molecule has 1 aromatic heterocycles. The molecule has 8 nitrogen and oxygen atoms in total. The van der Waals surface area contributed by atoms with Gasteiger partial charge in [0.2, 0.25) is 10.0 Å². The number of benzene rings is 1. The molecule has 0 unspecified atom stereocenters. The predicted molar refractivity (Wildman–Crippen MR) is 118 cm³/mol. The summed E-state index contributed by atoms with van der Waals surface area (Å²) >= 11 is 3.16. The lowest BCUT2D eigenvalue weighted by atomic mass is 10.2. The Bertz CT molecular complexity index is 1100. The van der Waals surface area contributed by atoms with Crippen LogP contribution in [0.25, 0.3) is 6.08 Å². The maximum atomic E-state index is 12.9. The molecule has 0 aliphatic carbocycles. The van der Waals surface area contributed by atoms with Gasteiger partial charge in [-0.25, -0.2) is 13.2 Å². The van der Waals surface area contributed by atoms with E-state index in [9.17, 15) is 18.0 Å². The number of aryl methyl sites for hydroxylation is 2. The van der Waals surface area contributed by atoms with E-state index < -0.39 is 22.6 Å². The fraction of sp³-hybridized carbons (Fsp3) is 0.333. The van der Waals surface area contributed by atoms with Gasteiger partial charge in [0.05, 0.1) is 4.90 Å². The topological polar surface area (TPSA) is 97.1 Å². The summed E-state index contributed by atoms with van der Waals surface area (Å²) in [5, 5.41) is 0. The second-order valence-electron chi connectivity index (χ2n) is 7.14. The molecule has 1 aliphatic heterocycles. The van der Waals surface area contributed by atoms with E-state index in [-0.39, 0.29) is 37.0 Å². The molecule has 10 heteroatoms. The third-order valence-corrected chi connectivity index (χ3v) is 7.34. The van der Waals surface area contributed by atoms with Crippen LogP contribution in [0.1, 0.15) is 16.9 Å². The van der Waals surface area contributed by atoms with Gasteiger partial charge in [-0.3, -0.25) is 4.79 Å². The van der Waals surface area contributed by atoms with Crippen LogP contribution in [0.2, 0.25) is 0 Å². The molecule has 0 atom stereocenters. The Kier molecular flexibility index (Phi) is 7.34. The van der Waals surface area contributed by atoms with Crippen LogP contribution >= 0.6 is 15.9 Å². The van der Waals surface area contributed by atoms with Crippen molar-refractivity contribution in [1.82, 2.24) is 9.21 Å². The molecule has 0 bridgehead atoms. The first-order chi connectivity index (χ1) is 14.7. The Morgan fingerprint density at radius 1 is 1.13 bits per heavy atom. The quantitative estimate of drug-likeness (QED) is 0.437. The number of rotatable bonds is 6. The van der Waals surface area contributed by atoms with Crippen molar-refractivity contribution >= 4 is 43.9 Å². The summed E-state index contributed by atoms with van der Waals surface area (Å²) < 4.78 is 38.0. The molecule has 2 heterocycles. The number of piperazine rings is 1. The molecule has 0 N–H and O–H groups in total. The number of hydrogen-bond donors (Lipinski definition) is 0. The highest BCUT2D eigenvalue weighted by atomic mass is 79.9. The normalized spacial score (nSPS) is 15.4. The summed E-state index contributed by atoms with van der Waals surface area (Å²) in [7, 11) is -3.63. The highest BCUT2D eigenvalue weighted by molar-refractivity contribution is 9.10. The van der Waals surface area contributed by atoms with Gasteiger partial charge in [-0.1, -0.05) is 17.7 Å². The summed E-state index contributed by atoms with van der Waals surface area (Å²) in [6.45, 7) is 4.10. The van der Waals surface area contributed by atoms with Crippen molar-refractivity contribution in [3.05, 3.63) is 58.0 Å². The molecule has 1 fully saturated rings. The minimum absolute atomic E-state index is 0.183. The van der Waals surface area contributed by atoms with Gasteiger partial charge in [-0.15, -0.1) is 0 Å². The second-order valence-corrected chi connectivity index (χ2v) is 9.82. The number of carbonyl (C=O) groups is 2. The average Bonchev–Trinajstić information content (AvgIpc) is 3.15. The van der Waals surface area contributed by atoms with Crippen LogP contribution in [0, 0.1) is 13.8 Å². The van der Waals surface area contributed by atoms with Crippen molar-refractivity contribution in [3.63, 3.8) is 0 Å². The Balaban J connectivity index is 1.50. The van der Waals surface area contributed by atoms with Crippen molar-refractivity contribution in [3.8, 4) is 0 Å². The molecule has 31 heavy (non-hydrogen) atoms. The highest BCUT2D eigenvalue weighted by Gasteiger charge is 2.31. The van der Waals surface area contributed by atoms with Gasteiger partial charge in [0.15, 0.2) is 11.3 Å². The molecule has 0 saturated carbocycles. The van der Waals surface area contributed by atoms with Gasteiger partial charge in [0, 0.05) is 32.3 Å². The molecule has 2 aromatic rings. The van der Waals surface area contributed by atoms with Crippen LogP contribution in [0.4, 0.5) is 0 Å². The number of esters is 1. The van der Waals surface area contributed by atoms with Crippen molar-refractivity contribution < 1.29 is 27.2 Å². The largest absolute Gasteiger partial charge is 0.452 e. The Morgan fingerprint density at radius 3 is 2.45 bits per heavy atom. The Morgan fingerprint density at radius 2 is 1.84 bits per heavy atom. The molecule has 1 aromatic carbocycles. The Labute approximate surface area is 189 Å². The fourth-order valence-electron chi connectivity index (χ4n) is 3.25. The lowest BCUT2D eigenvalue weighted by Crippen LogP contribution is -2.51. The molecule has 1 amide bonds. The molecule has 3 rings (SSSR count). The number of nitrogens with zero attached hydrogens (tertiary/aromatic N) is 2. The van der Waals surface area contributed by atoms with Crippen LogP contribution in [-0.2, 0) is 24.3 Å². The van der Waals surface area contributed by atoms with Crippen molar-refractivity contribution in [1.29, 1.82) is 0 Å². The van der Waals surface area contributed by atoms with Crippen LogP contribution in [0.5, 0.6) is 0 Å². The fourth-order valence-corrected chi connectivity index (χ4v) is 5.19. The molecule has 0 spiro atoms. The van der Waals surface area contributed by atoms with Crippen LogP contribution in [0.15, 0.2) is 50.4 Å². The van der Waals surface area contributed by atoms with Gasteiger partial charge in [-0.2, -0.15) is 4.31 Å². The van der Waals surface area contributed by atoms with E-state index in [4.69, 9.17) is 9.15 Å². The third kappa shape index (κ3) is 5.84. The van der Waals surface area contributed by atoms with E-state index in [1.165, 1.54) is 21.4 Å². The van der Waals surface area contributed by atoms with Crippen LogP contribution in [0.3, 0.4) is 0 Å². The van der Waals surface area contributed by atoms with Crippen molar-refractivity contribution in [2.45, 2.75) is 18.7 Å². The van der Waals surface area contributed by atoms with Crippen LogP contribution < -0.4 is 0 Å². The van der Waals surface area contributed by atoms with Gasteiger partial charge in [0.1, 0.15) is 5.76 Å². The Hall–Kier alpha value is -2.43. The minimum atomic E-state index is -3.63. The number of ether oxygens (including phenoxy) is 1. The summed E-state index contributed by atoms with van der Waals surface area (Å²) in [5.41, 5.74) is 1.69. The molecular formula is C21H23BrN2O6S. The lowest BCUT2D eigenvalue weighted by Gasteiger charge is -2.34. The zero-order valence-corrected chi connectivity index (χ0v) is 19.6. The first-order valence-electron chi connectivity index (χ1n) is 9.62. The summed E-state index contributed by atoms with van der Waals surface area (Å²) in [5.74, 6) is -0.570. The summed E-state index contributed by atoms with van der Waals surface area (Å²) in [6.07, 6.45) is 2.61. The number of carbonyl (C=O) groups excluding carboxylic acids is 2. The van der Waals surface area contributed by atoms with Gasteiger partial charge in [-0.05, 0) is 59.6 Å². The van der Waals surface area contributed by atoms with Gasteiger partial charge >= 0.3 is 5.97 Å². The highest BCUT2D eigenvalue weighted by Crippen LogP contribution is 2.22. The molecule has 1 saturated heterocycles. The zero-order chi connectivity index (χ0) is 22.6. The van der Waals surface area contributed by atoms with E-state index in [0.717, 1.165) is 5.56 Å². The second kappa shape index (κ2) is 9.80. The molecular weight excluding hydrogens is 488 g/mol. The molecule has 0 radical (unpaired) electrons. The smallest absolute Gasteiger partial charge is 0.331 e. The standard InChI is InChI=1S/C21H23BrN2O6S/c1-15-3-6-18(16(2)13-15)31(27,28)24-11-9-23(10-12-24)20(25)14-29-21(26)8-5-17-4-7-19(22)30-17/h3-8,13H,9-12,14H2,1-2H3/b8-5+. The first kappa shape index (κ1) is 23.2. The predicted octanol–water partition coefficient (Wildman–Crippen LogP) is 2.75. The number of halogens is 1. The van der Waals surface area contributed by atoms with Gasteiger partial charge in [0.25, 0.3) is 5.91 Å². The monoisotopic (exact) mass is 510 g/mol. The van der Waals surface area contributed by atoms with E-state index >= 15 is 0 Å². The number of amides is 1. The number of furan rings is 1. The van der Waals surface area contributed by atoms with Crippen molar-refractivity contribution in [2.24, 2.45) is 0 Å². The summed E-state index contributed by atoms with van der Waals surface area (Å²) in [6, 6.07) is 8.58. The number of hydrogen-bond acceptors (Lipinski definition) is 6. The van der Waals surface area contributed by atoms with E-state index in [2.05, 4.69) is 15.9 Å².